The number of hydrogen-bond acceptors (Lipinski definition) is 6. The summed E-state index contributed by atoms with van der Waals surface area (Å²) in [6.45, 7) is 5.76. The Morgan fingerprint density at radius 1 is 1.11 bits per heavy atom. The lowest BCUT2D eigenvalue weighted by atomic mass is 10.1. The third-order valence-electron chi connectivity index (χ3n) is 4.81. The van der Waals surface area contributed by atoms with E-state index in [1.165, 1.54) is 29.2 Å². The van der Waals surface area contributed by atoms with Crippen LogP contribution in [-0.4, -0.2) is 38.4 Å². The predicted molar refractivity (Wildman–Crippen MR) is 129 cm³/mol. The van der Waals surface area contributed by atoms with E-state index in [9.17, 15) is 23.2 Å². The highest BCUT2D eigenvalue weighted by molar-refractivity contribution is 7.15. The molecule has 0 spiro atoms. The van der Waals surface area contributed by atoms with Crippen LogP contribution in [0, 0.1) is 0 Å². The van der Waals surface area contributed by atoms with Crippen LogP contribution in [0.2, 0.25) is 0 Å². The van der Waals surface area contributed by atoms with Gasteiger partial charge in [0.25, 0.3) is 6.08 Å². The Morgan fingerprint density at radius 2 is 1.80 bits per heavy atom. The molecule has 1 N–H and O–H groups in total. The normalized spacial score (nSPS) is 11.3. The number of thiophene rings is 1. The van der Waals surface area contributed by atoms with Crippen LogP contribution < -0.4 is 11.0 Å². The summed E-state index contributed by atoms with van der Waals surface area (Å²) in [5.41, 5.74) is -0.196. The van der Waals surface area contributed by atoms with E-state index >= 15 is 0 Å². The Kier molecular flexibility index (Phi) is 8.00. The molecule has 1 aromatic carbocycles. The van der Waals surface area contributed by atoms with E-state index in [1.54, 1.807) is 32.9 Å². The number of nitrogens with one attached hydrogen (secondary N) is 1. The molecule has 186 valence electrons. The number of ketones is 1. The fourth-order valence-electron chi connectivity index (χ4n) is 3.10. The van der Waals surface area contributed by atoms with Gasteiger partial charge in [-0.05, 0) is 45.4 Å². The maximum absolute atomic E-state index is 13.4. The molecule has 0 saturated carbocycles. The van der Waals surface area contributed by atoms with E-state index in [1.807, 2.05) is 24.3 Å². The molecule has 0 fully saturated rings. The molecule has 0 unspecified atom stereocenters. The Bertz CT molecular complexity index is 1300. The first-order valence-corrected chi connectivity index (χ1v) is 11.6. The number of aromatic nitrogens is 3. The zero-order valence-electron chi connectivity index (χ0n) is 19.8. The van der Waals surface area contributed by atoms with E-state index in [0.29, 0.717) is 5.56 Å². The summed E-state index contributed by atoms with van der Waals surface area (Å²) in [6.07, 6.45) is -1.54. The SMILES string of the molecule is CC(=O)c1ccc(-c2ccc(Cn3cnn(CC(CNC(=O)OC(C)(C)C)=C(F)F)c3=O)s2)cc1. The number of alkyl carbamates (subject to hydrolysis) is 1. The number of carbonyl (C=O) groups is 2. The van der Waals surface area contributed by atoms with Crippen LogP contribution >= 0.6 is 11.3 Å². The molecule has 0 aliphatic carbocycles. The van der Waals surface area contributed by atoms with E-state index in [2.05, 4.69) is 10.4 Å². The Balaban J connectivity index is 1.66. The molecular weight excluding hydrogens is 478 g/mol. The molecule has 0 bridgehead atoms. The summed E-state index contributed by atoms with van der Waals surface area (Å²) >= 11 is 1.48. The van der Waals surface area contributed by atoms with Crippen LogP contribution in [0.25, 0.3) is 10.4 Å². The minimum absolute atomic E-state index is 0.00827. The van der Waals surface area contributed by atoms with Gasteiger partial charge in [0.05, 0.1) is 13.1 Å². The van der Waals surface area contributed by atoms with Crippen molar-refractivity contribution in [1.82, 2.24) is 19.7 Å². The van der Waals surface area contributed by atoms with E-state index in [4.69, 9.17) is 4.74 Å². The first kappa shape index (κ1) is 26.0. The second-order valence-corrected chi connectivity index (χ2v) is 9.99. The number of benzene rings is 1. The molecule has 3 aromatic rings. The van der Waals surface area contributed by atoms with Crippen molar-refractivity contribution in [2.75, 3.05) is 6.54 Å². The molecule has 2 aromatic heterocycles. The highest BCUT2D eigenvalue weighted by Gasteiger charge is 2.18. The molecule has 0 radical (unpaired) electrons. The smallest absolute Gasteiger partial charge is 0.407 e. The lowest BCUT2D eigenvalue weighted by molar-refractivity contribution is 0.0531. The van der Waals surface area contributed by atoms with Crippen molar-refractivity contribution in [1.29, 1.82) is 0 Å². The molecule has 3 rings (SSSR count). The average Bonchev–Trinajstić information content (AvgIpc) is 3.37. The third kappa shape index (κ3) is 7.19. The summed E-state index contributed by atoms with van der Waals surface area (Å²) in [5, 5.41) is 6.21. The third-order valence-corrected chi connectivity index (χ3v) is 5.93. The van der Waals surface area contributed by atoms with E-state index in [0.717, 1.165) is 20.0 Å². The largest absolute Gasteiger partial charge is 0.444 e. The first-order valence-electron chi connectivity index (χ1n) is 10.7. The minimum atomic E-state index is -2.00. The van der Waals surface area contributed by atoms with Crippen LogP contribution in [0.15, 0.2) is 59.2 Å². The van der Waals surface area contributed by atoms with Gasteiger partial charge >= 0.3 is 11.8 Å². The van der Waals surface area contributed by atoms with Crippen molar-refractivity contribution in [2.45, 2.75) is 46.4 Å². The van der Waals surface area contributed by atoms with Crippen LogP contribution in [0.5, 0.6) is 0 Å². The minimum Gasteiger partial charge on any atom is -0.444 e. The van der Waals surface area contributed by atoms with Gasteiger partial charge in [-0.3, -0.25) is 9.36 Å². The van der Waals surface area contributed by atoms with Crippen molar-refractivity contribution in [3.63, 3.8) is 0 Å². The molecule has 2 heterocycles. The number of nitrogens with zero attached hydrogens (tertiary/aromatic N) is 3. The van der Waals surface area contributed by atoms with Crippen LogP contribution in [0.1, 0.15) is 42.9 Å². The summed E-state index contributed by atoms with van der Waals surface area (Å²) in [6, 6.07) is 11.0. The quantitative estimate of drug-likeness (QED) is 0.449. The van der Waals surface area contributed by atoms with Gasteiger partial charge in [0.15, 0.2) is 5.78 Å². The maximum atomic E-state index is 13.4. The lowest BCUT2D eigenvalue weighted by Gasteiger charge is -2.19. The molecular formula is C24H26F2N4O4S. The Labute approximate surface area is 204 Å². The van der Waals surface area contributed by atoms with Gasteiger partial charge in [-0.25, -0.2) is 14.3 Å². The molecule has 0 atom stereocenters. The fourth-order valence-corrected chi connectivity index (χ4v) is 4.11. The first-order chi connectivity index (χ1) is 16.4. The molecule has 11 heteroatoms. The van der Waals surface area contributed by atoms with Gasteiger partial charge in [-0.15, -0.1) is 11.3 Å². The van der Waals surface area contributed by atoms with Gasteiger partial charge in [-0.2, -0.15) is 13.9 Å². The Hall–Kier alpha value is -3.60. The topological polar surface area (TPSA) is 95.2 Å². The summed E-state index contributed by atoms with van der Waals surface area (Å²) in [7, 11) is 0. The Morgan fingerprint density at radius 3 is 2.40 bits per heavy atom. The molecule has 0 saturated heterocycles. The highest BCUT2D eigenvalue weighted by atomic mass is 32.1. The van der Waals surface area contributed by atoms with Crippen molar-refractivity contribution in [2.24, 2.45) is 0 Å². The van der Waals surface area contributed by atoms with Crippen LogP contribution in [0.3, 0.4) is 0 Å². The summed E-state index contributed by atoms with van der Waals surface area (Å²) in [5.74, 6) is -0.00827. The second-order valence-electron chi connectivity index (χ2n) is 8.82. The number of hydrogen-bond donors (Lipinski definition) is 1. The highest BCUT2D eigenvalue weighted by Crippen LogP contribution is 2.28. The van der Waals surface area contributed by atoms with Gasteiger partial charge in [0, 0.05) is 27.4 Å². The zero-order valence-corrected chi connectivity index (χ0v) is 20.6. The van der Waals surface area contributed by atoms with Crippen molar-refractivity contribution in [3.05, 3.63) is 75.3 Å². The predicted octanol–water partition coefficient (Wildman–Crippen LogP) is 4.70. The zero-order chi connectivity index (χ0) is 25.8. The molecule has 0 aliphatic heterocycles. The number of amides is 1. The number of halogens is 2. The van der Waals surface area contributed by atoms with Gasteiger partial charge in [0.2, 0.25) is 0 Å². The van der Waals surface area contributed by atoms with Crippen molar-refractivity contribution < 1.29 is 23.1 Å². The summed E-state index contributed by atoms with van der Waals surface area (Å²) < 4.78 is 34.1. The number of carbonyl (C=O) groups excluding carboxylic acids is 2. The lowest BCUT2D eigenvalue weighted by Crippen LogP contribution is -2.35. The monoisotopic (exact) mass is 504 g/mol. The average molecular weight is 505 g/mol. The van der Waals surface area contributed by atoms with Crippen LogP contribution in [-0.2, 0) is 17.8 Å². The van der Waals surface area contributed by atoms with E-state index in [-0.39, 0.29) is 12.3 Å². The standard InChI is InChI=1S/C24H26F2N4O4S/c1-15(31)16-5-7-17(8-6-16)20-10-9-19(35-20)13-29-14-28-30(23(29)33)12-18(21(25)26)11-27-22(32)34-24(2,3)4/h5-10,14H,11-13H2,1-4H3,(H,27,32). The van der Waals surface area contributed by atoms with Gasteiger partial charge in [-0.1, -0.05) is 24.3 Å². The second kappa shape index (κ2) is 10.8. The van der Waals surface area contributed by atoms with Crippen molar-refractivity contribution >= 4 is 23.2 Å². The molecule has 1 amide bonds. The number of Topliss-reactive ketones (excluding diaryl/α,β-unsaturated/α-hetero) is 1. The molecule has 0 aliphatic rings. The van der Waals surface area contributed by atoms with Crippen molar-refractivity contribution in [3.8, 4) is 10.4 Å². The van der Waals surface area contributed by atoms with Gasteiger partial charge < -0.3 is 10.1 Å². The maximum Gasteiger partial charge on any atom is 0.407 e. The van der Waals surface area contributed by atoms with E-state index < -0.39 is 42.1 Å². The van der Waals surface area contributed by atoms with Gasteiger partial charge in [0.1, 0.15) is 11.9 Å². The molecule has 35 heavy (non-hydrogen) atoms. The number of ether oxygens (including phenoxy) is 1. The summed E-state index contributed by atoms with van der Waals surface area (Å²) in [4.78, 5) is 37.7. The number of rotatable bonds is 8. The van der Waals surface area contributed by atoms with Crippen LogP contribution in [0.4, 0.5) is 13.6 Å². The fraction of sp³-hybridized carbons (Fsp3) is 0.333. The molecule has 8 nitrogen and oxygen atoms in total.